The molecule has 1 aromatic rings. The highest BCUT2D eigenvalue weighted by Crippen LogP contribution is 2.14. The van der Waals surface area contributed by atoms with E-state index in [0.717, 1.165) is 71.7 Å². The second-order valence-electron chi connectivity index (χ2n) is 8.24. The van der Waals surface area contributed by atoms with Crippen LogP contribution in [0.25, 0.3) is 0 Å². The van der Waals surface area contributed by atoms with E-state index >= 15 is 0 Å². The molecule has 3 rings (SSSR count). The number of morpholine rings is 2. The minimum Gasteiger partial charge on any atom is -0.379 e. The molecule has 2 atom stereocenters. The van der Waals surface area contributed by atoms with Crippen molar-refractivity contribution in [1.82, 2.24) is 20.4 Å². The van der Waals surface area contributed by atoms with Gasteiger partial charge in [0.2, 0.25) is 0 Å². The van der Waals surface area contributed by atoms with Crippen LogP contribution in [0.4, 0.5) is 0 Å². The van der Waals surface area contributed by atoms with Crippen molar-refractivity contribution in [1.29, 1.82) is 0 Å². The van der Waals surface area contributed by atoms with E-state index in [1.165, 1.54) is 11.1 Å². The van der Waals surface area contributed by atoms with E-state index in [2.05, 4.69) is 65.5 Å². The maximum atomic E-state index is 5.57. The van der Waals surface area contributed by atoms with Gasteiger partial charge in [-0.1, -0.05) is 24.3 Å². The van der Waals surface area contributed by atoms with Crippen LogP contribution in [-0.2, 0) is 22.6 Å². The van der Waals surface area contributed by atoms with E-state index in [1.54, 1.807) is 0 Å². The SMILES string of the molecule is CCNC(=NCc1ccccc1CN1CCOCC1)NCC(C)N1CCOCC1C. The maximum Gasteiger partial charge on any atom is 0.191 e. The van der Waals surface area contributed by atoms with Gasteiger partial charge < -0.3 is 20.1 Å². The zero-order valence-electron chi connectivity index (χ0n) is 18.9. The lowest BCUT2D eigenvalue weighted by atomic mass is 10.1. The average Bonchev–Trinajstić information content (AvgIpc) is 2.77. The summed E-state index contributed by atoms with van der Waals surface area (Å²) in [7, 11) is 0. The lowest BCUT2D eigenvalue weighted by Gasteiger charge is -2.38. The van der Waals surface area contributed by atoms with Crippen LogP contribution in [0.2, 0.25) is 0 Å². The van der Waals surface area contributed by atoms with E-state index in [9.17, 15) is 0 Å². The Hall–Kier alpha value is -1.67. The van der Waals surface area contributed by atoms with E-state index in [1.807, 2.05) is 0 Å². The van der Waals surface area contributed by atoms with Gasteiger partial charge in [0.15, 0.2) is 5.96 Å². The zero-order valence-corrected chi connectivity index (χ0v) is 18.9. The lowest BCUT2D eigenvalue weighted by molar-refractivity contribution is -0.0174. The van der Waals surface area contributed by atoms with E-state index in [0.29, 0.717) is 18.6 Å². The Bertz CT molecular complexity index is 663. The summed E-state index contributed by atoms with van der Waals surface area (Å²) >= 11 is 0. The van der Waals surface area contributed by atoms with Crippen molar-refractivity contribution in [3.8, 4) is 0 Å². The third-order valence-electron chi connectivity index (χ3n) is 5.92. The molecule has 2 unspecified atom stereocenters. The van der Waals surface area contributed by atoms with Gasteiger partial charge in [-0.25, -0.2) is 4.99 Å². The van der Waals surface area contributed by atoms with Crippen molar-refractivity contribution in [3.05, 3.63) is 35.4 Å². The van der Waals surface area contributed by atoms with Crippen LogP contribution in [0, 0.1) is 0 Å². The third kappa shape index (κ3) is 6.94. The molecule has 0 spiro atoms. The van der Waals surface area contributed by atoms with Crippen LogP contribution in [-0.4, -0.2) is 87.0 Å². The summed E-state index contributed by atoms with van der Waals surface area (Å²) in [5.41, 5.74) is 2.64. The molecule has 7 heteroatoms. The minimum atomic E-state index is 0.432. The Labute approximate surface area is 181 Å². The number of hydrogen-bond donors (Lipinski definition) is 2. The van der Waals surface area contributed by atoms with Gasteiger partial charge in [-0.15, -0.1) is 0 Å². The smallest absolute Gasteiger partial charge is 0.191 e. The lowest BCUT2D eigenvalue weighted by Crippen LogP contribution is -2.53. The first kappa shape index (κ1) is 23.0. The van der Waals surface area contributed by atoms with Gasteiger partial charge in [0.25, 0.3) is 0 Å². The highest BCUT2D eigenvalue weighted by atomic mass is 16.5. The quantitative estimate of drug-likeness (QED) is 0.496. The number of nitrogens with one attached hydrogen (secondary N) is 2. The predicted molar refractivity (Wildman–Crippen MR) is 122 cm³/mol. The summed E-state index contributed by atoms with van der Waals surface area (Å²) < 4.78 is 11.1. The van der Waals surface area contributed by atoms with Crippen LogP contribution < -0.4 is 10.6 Å². The van der Waals surface area contributed by atoms with Crippen molar-refractivity contribution in [3.63, 3.8) is 0 Å². The van der Waals surface area contributed by atoms with Gasteiger partial charge in [-0.05, 0) is 31.9 Å². The van der Waals surface area contributed by atoms with Gasteiger partial charge in [-0.3, -0.25) is 9.80 Å². The molecule has 0 aliphatic carbocycles. The highest BCUT2D eigenvalue weighted by molar-refractivity contribution is 5.79. The number of nitrogens with zero attached hydrogens (tertiary/aromatic N) is 3. The van der Waals surface area contributed by atoms with Crippen LogP contribution in [0.15, 0.2) is 29.3 Å². The molecule has 0 bridgehead atoms. The molecule has 2 fully saturated rings. The summed E-state index contributed by atoms with van der Waals surface area (Å²) in [5, 5.41) is 6.93. The predicted octanol–water partition coefficient (Wildman–Crippen LogP) is 1.68. The topological polar surface area (TPSA) is 61.4 Å². The standard InChI is InChI=1S/C23H39N5O2/c1-4-24-23(25-15-19(2)28-11-14-30-18-20(28)3)26-16-21-7-5-6-8-22(21)17-27-9-12-29-13-10-27/h5-8,19-20H,4,9-18H2,1-3H3,(H2,24,25,26). The second-order valence-corrected chi connectivity index (χ2v) is 8.24. The van der Waals surface area contributed by atoms with Gasteiger partial charge in [0.1, 0.15) is 0 Å². The van der Waals surface area contributed by atoms with E-state index < -0.39 is 0 Å². The van der Waals surface area contributed by atoms with Crippen molar-refractivity contribution < 1.29 is 9.47 Å². The Balaban J connectivity index is 1.57. The largest absolute Gasteiger partial charge is 0.379 e. The van der Waals surface area contributed by atoms with E-state index in [-0.39, 0.29) is 0 Å². The van der Waals surface area contributed by atoms with Crippen molar-refractivity contribution in [2.45, 2.75) is 45.9 Å². The molecule has 2 saturated heterocycles. The number of ether oxygens (including phenoxy) is 2. The monoisotopic (exact) mass is 417 g/mol. The van der Waals surface area contributed by atoms with E-state index in [4.69, 9.17) is 14.5 Å². The molecule has 0 radical (unpaired) electrons. The Morgan fingerprint density at radius 2 is 1.83 bits per heavy atom. The molecular weight excluding hydrogens is 378 g/mol. The molecule has 2 heterocycles. The van der Waals surface area contributed by atoms with Crippen LogP contribution in [0.3, 0.4) is 0 Å². The molecule has 0 saturated carbocycles. The van der Waals surface area contributed by atoms with Gasteiger partial charge in [0, 0.05) is 51.4 Å². The average molecular weight is 418 g/mol. The molecular formula is C23H39N5O2. The molecule has 2 aliphatic rings. The van der Waals surface area contributed by atoms with Crippen molar-refractivity contribution in [2.24, 2.45) is 4.99 Å². The molecule has 30 heavy (non-hydrogen) atoms. The Kier molecular flexibility index (Phi) is 9.39. The Morgan fingerprint density at radius 3 is 2.57 bits per heavy atom. The fraction of sp³-hybridized carbons (Fsp3) is 0.696. The number of aliphatic imine (C=N–C) groups is 1. The third-order valence-corrected chi connectivity index (χ3v) is 5.92. The Morgan fingerprint density at radius 1 is 1.10 bits per heavy atom. The molecule has 2 N–H and O–H groups in total. The summed E-state index contributed by atoms with van der Waals surface area (Å²) in [6.07, 6.45) is 0. The molecule has 0 amide bonds. The minimum absolute atomic E-state index is 0.432. The van der Waals surface area contributed by atoms with Crippen LogP contribution in [0.1, 0.15) is 31.9 Å². The molecule has 2 aliphatic heterocycles. The number of hydrogen-bond acceptors (Lipinski definition) is 5. The summed E-state index contributed by atoms with van der Waals surface area (Å²) in [5.74, 6) is 0.881. The first-order valence-corrected chi connectivity index (χ1v) is 11.4. The van der Waals surface area contributed by atoms with Crippen molar-refractivity contribution >= 4 is 5.96 Å². The molecule has 168 valence electrons. The number of benzene rings is 1. The number of rotatable bonds is 8. The maximum absolute atomic E-state index is 5.57. The summed E-state index contributed by atoms with van der Waals surface area (Å²) in [6, 6.07) is 9.54. The zero-order chi connectivity index (χ0) is 21.2. The van der Waals surface area contributed by atoms with Crippen LogP contribution >= 0.6 is 0 Å². The second kappa shape index (κ2) is 12.2. The van der Waals surface area contributed by atoms with Gasteiger partial charge in [-0.2, -0.15) is 0 Å². The fourth-order valence-corrected chi connectivity index (χ4v) is 4.13. The molecule has 7 nitrogen and oxygen atoms in total. The molecule has 0 aromatic heterocycles. The van der Waals surface area contributed by atoms with Crippen LogP contribution in [0.5, 0.6) is 0 Å². The van der Waals surface area contributed by atoms with Gasteiger partial charge >= 0.3 is 0 Å². The molecule has 1 aromatic carbocycles. The highest BCUT2D eigenvalue weighted by Gasteiger charge is 2.23. The first-order valence-electron chi connectivity index (χ1n) is 11.4. The van der Waals surface area contributed by atoms with Crippen molar-refractivity contribution in [2.75, 3.05) is 59.2 Å². The first-order chi connectivity index (χ1) is 14.7. The summed E-state index contributed by atoms with van der Waals surface area (Å²) in [6.45, 7) is 16.3. The fourth-order valence-electron chi connectivity index (χ4n) is 4.13. The normalized spacial score (nSPS) is 22.6. The van der Waals surface area contributed by atoms with Gasteiger partial charge in [0.05, 0.1) is 33.0 Å². The summed E-state index contributed by atoms with van der Waals surface area (Å²) in [4.78, 5) is 9.85. The number of guanidine groups is 1.